The molecular formula is C26H31F3O3. The summed E-state index contributed by atoms with van der Waals surface area (Å²) in [5, 5.41) is 10.2. The van der Waals surface area contributed by atoms with Crippen molar-refractivity contribution in [3.63, 3.8) is 0 Å². The minimum atomic E-state index is -4.82. The maximum Gasteiger partial charge on any atom is 0.423 e. The van der Waals surface area contributed by atoms with Crippen molar-refractivity contribution in [3.8, 4) is 11.5 Å². The Labute approximate surface area is 187 Å². The number of phenols is 1. The number of aryl methyl sites for hydroxylation is 1. The first kappa shape index (κ1) is 24.1. The number of benzene rings is 2. The molecule has 0 unspecified atom stereocenters. The average Bonchev–Trinajstić information content (AvgIpc) is 2.74. The quantitative estimate of drug-likeness (QED) is 0.431. The molecule has 1 aliphatic rings. The molecule has 3 rings (SSSR count). The molecule has 0 atom stereocenters. The predicted molar refractivity (Wildman–Crippen MR) is 118 cm³/mol. The Hall–Kier alpha value is -2.50. The van der Waals surface area contributed by atoms with Crippen molar-refractivity contribution >= 4 is 5.78 Å². The minimum Gasteiger partial charge on any atom is -0.506 e. The Bertz CT molecular complexity index is 911. The number of hydrogen-bond donors (Lipinski definition) is 1. The Kier molecular flexibility index (Phi) is 7.86. The van der Waals surface area contributed by atoms with E-state index in [1.807, 2.05) is 0 Å². The summed E-state index contributed by atoms with van der Waals surface area (Å²) in [7, 11) is 0. The van der Waals surface area contributed by atoms with Gasteiger partial charge in [-0.2, -0.15) is 13.2 Å². The highest BCUT2D eigenvalue weighted by Crippen LogP contribution is 2.44. The zero-order chi connectivity index (χ0) is 23.3. The Balaban J connectivity index is 1.60. The van der Waals surface area contributed by atoms with E-state index in [-0.39, 0.29) is 18.6 Å². The molecule has 0 saturated heterocycles. The number of alkyl halides is 3. The Morgan fingerprint density at radius 2 is 1.72 bits per heavy atom. The molecule has 3 nitrogen and oxygen atoms in total. The molecule has 32 heavy (non-hydrogen) atoms. The molecule has 0 amide bonds. The second-order valence-electron chi connectivity index (χ2n) is 8.74. The van der Waals surface area contributed by atoms with Crippen molar-refractivity contribution in [2.45, 2.75) is 70.9 Å². The van der Waals surface area contributed by atoms with Gasteiger partial charge in [0, 0.05) is 6.42 Å². The highest BCUT2D eigenvalue weighted by atomic mass is 19.4. The summed E-state index contributed by atoms with van der Waals surface area (Å²) < 4.78 is 45.1. The second kappa shape index (κ2) is 10.4. The first-order valence-electron chi connectivity index (χ1n) is 11.4. The fourth-order valence-electron chi connectivity index (χ4n) is 4.49. The molecule has 0 aliphatic heterocycles. The second-order valence-corrected chi connectivity index (χ2v) is 8.74. The van der Waals surface area contributed by atoms with E-state index in [1.54, 1.807) is 6.92 Å². The van der Waals surface area contributed by atoms with Crippen LogP contribution in [0, 0.1) is 5.92 Å². The summed E-state index contributed by atoms with van der Waals surface area (Å²) in [6, 6.07) is 10.8. The molecule has 174 valence electrons. The standard InChI is InChI=1S/C26H31F3O3/c1-3-32-23-16-15-21(25(31)24(23)26(27,28)29)22(30)6-4-5-18-9-13-20(14-10-18)19-11-7-17(2)8-12-19/h9-10,13-17,19,31H,3-8,11-12H2,1-2H3. The van der Waals surface area contributed by atoms with E-state index in [0.717, 1.165) is 17.5 Å². The molecule has 0 aromatic heterocycles. The summed E-state index contributed by atoms with van der Waals surface area (Å²) in [6.07, 6.45) is 1.36. The van der Waals surface area contributed by atoms with Crippen molar-refractivity contribution in [1.82, 2.24) is 0 Å². The van der Waals surface area contributed by atoms with E-state index in [1.165, 1.54) is 37.3 Å². The van der Waals surface area contributed by atoms with Crippen LogP contribution in [0.1, 0.15) is 85.3 Å². The first-order valence-corrected chi connectivity index (χ1v) is 11.4. The number of carbonyl (C=O) groups is 1. The molecule has 0 bridgehead atoms. The number of carbonyl (C=O) groups excluding carboxylic acids is 1. The fourth-order valence-corrected chi connectivity index (χ4v) is 4.49. The molecule has 1 aliphatic carbocycles. The van der Waals surface area contributed by atoms with E-state index >= 15 is 0 Å². The molecule has 6 heteroatoms. The zero-order valence-corrected chi connectivity index (χ0v) is 18.7. The molecule has 2 aromatic carbocycles. The lowest BCUT2D eigenvalue weighted by Crippen LogP contribution is -2.12. The summed E-state index contributed by atoms with van der Waals surface area (Å²) in [5.74, 6) is -0.609. The van der Waals surface area contributed by atoms with Crippen molar-refractivity contribution < 1.29 is 27.8 Å². The monoisotopic (exact) mass is 448 g/mol. The van der Waals surface area contributed by atoms with Crippen LogP contribution in [0.5, 0.6) is 11.5 Å². The van der Waals surface area contributed by atoms with Crippen LogP contribution in [0.3, 0.4) is 0 Å². The van der Waals surface area contributed by atoms with E-state index in [0.29, 0.717) is 18.8 Å². The van der Waals surface area contributed by atoms with Gasteiger partial charge in [-0.05, 0) is 67.7 Å². The first-order chi connectivity index (χ1) is 15.2. The smallest absolute Gasteiger partial charge is 0.423 e. The van der Waals surface area contributed by atoms with Crippen LogP contribution in [-0.2, 0) is 12.6 Å². The molecular weight excluding hydrogens is 417 g/mol. The summed E-state index contributed by atoms with van der Waals surface area (Å²) in [4.78, 5) is 12.5. The van der Waals surface area contributed by atoms with Crippen LogP contribution >= 0.6 is 0 Å². The van der Waals surface area contributed by atoms with Gasteiger partial charge in [0.2, 0.25) is 0 Å². The van der Waals surface area contributed by atoms with Gasteiger partial charge in [-0.3, -0.25) is 4.79 Å². The van der Waals surface area contributed by atoms with Crippen molar-refractivity contribution in [2.75, 3.05) is 6.61 Å². The Morgan fingerprint density at radius 3 is 2.31 bits per heavy atom. The number of hydrogen-bond acceptors (Lipinski definition) is 3. The molecule has 0 heterocycles. The van der Waals surface area contributed by atoms with Gasteiger partial charge in [0.1, 0.15) is 17.1 Å². The lowest BCUT2D eigenvalue weighted by molar-refractivity contribution is -0.140. The van der Waals surface area contributed by atoms with Gasteiger partial charge in [-0.1, -0.05) is 44.0 Å². The number of rotatable bonds is 8. The SMILES string of the molecule is CCOc1ccc(C(=O)CCCc2ccc(C3CCC(C)CC3)cc2)c(O)c1C(F)(F)F. The van der Waals surface area contributed by atoms with Crippen LogP contribution < -0.4 is 4.74 Å². The fraction of sp³-hybridized carbons (Fsp3) is 0.500. The van der Waals surface area contributed by atoms with Gasteiger partial charge in [-0.15, -0.1) is 0 Å². The predicted octanol–water partition coefficient (Wildman–Crippen LogP) is 7.31. The van der Waals surface area contributed by atoms with Crippen molar-refractivity contribution in [1.29, 1.82) is 0 Å². The maximum atomic E-state index is 13.4. The molecule has 1 fully saturated rings. The summed E-state index contributed by atoms with van der Waals surface area (Å²) in [6.45, 7) is 3.88. The van der Waals surface area contributed by atoms with Crippen LogP contribution in [0.2, 0.25) is 0 Å². The number of phenolic OH excluding ortho intramolecular Hbond substituents is 1. The number of halogens is 3. The molecule has 2 aromatic rings. The van der Waals surface area contributed by atoms with Gasteiger partial charge in [0.15, 0.2) is 5.78 Å². The topological polar surface area (TPSA) is 46.5 Å². The lowest BCUT2D eigenvalue weighted by Gasteiger charge is -2.26. The third-order valence-corrected chi connectivity index (χ3v) is 6.36. The number of ether oxygens (including phenoxy) is 1. The van der Waals surface area contributed by atoms with Crippen LogP contribution in [0.4, 0.5) is 13.2 Å². The normalized spacial score (nSPS) is 19.0. The third-order valence-electron chi connectivity index (χ3n) is 6.36. The van der Waals surface area contributed by atoms with Crippen molar-refractivity contribution in [3.05, 3.63) is 58.7 Å². The van der Waals surface area contributed by atoms with Gasteiger partial charge in [0.05, 0.1) is 12.2 Å². The molecule has 0 radical (unpaired) electrons. The number of aromatic hydroxyl groups is 1. The Morgan fingerprint density at radius 1 is 1.06 bits per heavy atom. The zero-order valence-electron chi connectivity index (χ0n) is 18.7. The highest BCUT2D eigenvalue weighted by Gasteiger charge is 2.39. The molecule has 1 saturated carbocycles. The van der Waals surface area contributed by atoms with Gasteiger partial charge in [-0.25, -0.2) is 0 Å². The van der Waals surface area contributed by atoms with E-state index in [4.69, 9.17) is 4.74 Å². The lowest BCUT2D eigenvalue weighted by atomic mass is 9.79. The van der Waals surface area contributed by atoms with E-state index in [9.17, 15) is 23.1 Å². The van der Waals surface area contributed by atoms with Crippen LogP contribution in [0.25, 0.3) is 0 Å². The molecule has 0 spiro atoms. The van der Waals surface area contributed by atoms with Gasteiger partial charge in [0.25, 0.3) is 0 Å². The van der Waals surface area contributed by atoms with Crippen LogP contribution in [0.15, 0.2) is 36.4 Å². The van der Waals surface area contributed by atoms with E-state index < -0.39 is 29.0 Å². The summed E-state index contributed by atoms with van der Waals surface area (Å²) in [5.41, 5.74) is 0.842. The number of Topliss-reactive ketones (excluding diaryl/α,β-unsaturated/α-hetero) is 1. The highest BCUT2D eigenvalue weighted by molar-refractivity contribution is 5.99. The third kappa shape index (κ3) is 5.84. The van der Waals surface area contributed by atoms with Crippen LogP contribution in [-0.4, -0.2) is 17.5 Å². The van der Waals surface area contributed by atoms with Crippen molar-refractivity contribution in [2.24, 2.45) is 5.92 Å². The van der Waals surface area contributed by atoms with Gasteiger partial charge >= 0.3 is 6.18 Å². The molecule has 1 N–H and O–H groups in total. The van der Waals surface area contributed by atoms with Gasteiger partial charge < -0.3 is 9.84 Å². The number of ketones is 1. The average molecular weight is 449 g/mol. The largest absolute Gasteiger partial charge is 0.506 e. The minimum absolute atomic E-state index is 0.0223. The summed E-state index contributed by atoms with van der Waals surface area (Å²) >= 11 is 0. The van der Waals surface area contributed by atoms with E-state index in [2.05, 4.69) is 31.2 Å². The maximum absolute atomic E-state index is 13.4.